The highest BCUT2D eigenvalue weighted by Gasteiger charge is 2.22. The van der Waals surface area contributed by atoms with Crippen molar-refractivity contribution < 1.29 is 9.72 Å². The molecule has 0 bridgehead atoms. The van der Waals surface area contributed by atoms with Crippen LogP contribution in [0.4, 0.5) is 5.69 Å². The van der Waals surface area contributed by atoms with Crippen molar-refractivity contribution in [1.29, 1.82) is 0 Å². The molecule has 0 spiro atoms. The van der Waals surface area contributed by atoms with Gasteiger partial charge in [0.15, 0.2) is 0 Å². The van der Waals surface area contributed by atoms with Gasteiger partial charge < -0.3 is 0 Å². The summed E-state index contributed by atoms with van der Waals surface area (Å²) < 4.78 is 0. The van der Waals surface area contributed by atoms with Crippen LogP contribution < -0.4 is 0 Å². The molecule has 0 aliphatic heterocycles. The normalized spacial score (nSPS) is 12.1. The molecule has 0 N–H and O–H groups in total. The Bertz CT molecular complexity index is 378. The third-order valence-electron chi connectivity index (χ3n) is 1.76. The van der Waals surface area contributed by atoms with Crippen molar-refractivity contribution in [3.63, 3.8) is 0 Å². The van der Waals surface area contributed by atoms with E-state index in [1.54, 1.807) is 18.2 Å². The highest BCUT2D eigenvalue weighted by molar-refractivity contribution is 9.09. The summed E-state index contributed by atoms with van der Waals surface area (Å²) in [7, 11) is 0. The van der Waals surface area contributed by atoms with Gasteiger partial charge in [-0.25, -0.2) is 0 Å². The molecule has 0 aromatic heterocycles. The number of halogens is 1. The molecule has 0 aliphatic carbocycles. The number of carbonyl (C=O) groups is 1. The summed E-state index contributed by atoms with van der Waals surface area (Å²) in [5.41, 5.74) is 0.356. The van der Waals surface area contributed by atoms with Crippen LogP contribution in [0.15, 0.2) is 24.3 Å². The number of rotatable bonds is 3. The molecular weight excluding hydrogens is 250 g/mol. The molecule has 0 radical (unpaired) electrons. The van der Waals surface area contributed by atoms with Crippen molar-refractivity contribution in [3.05, 3.63) is 39.9 Å². The lowest BCUT2D eigenvalue weighted by atomic mass is 10.1. The zero-order chi connectivity index (χ0) is 10.7. The van der Waals surface area contributed by atoms with Crippen LogP contribution in [0.3, 0.4) is 0 Å². The lowest BCUT2D eigenvalue weighted by Gasteiger charge is -2.05. The average molecular weight is 258 g/mol. The maximum atomic E-state index is 11.0. The van der Waals surface area contributed by atoms with Crippen molar-refractivity contribution in [1.82, 2.24) is 0 Å². The number of nitro groups is 1. The van der Waals surface area contributed by atoms with E-state index in [1.807, 2.05) is 0 Å². The Hall–Kier alpha value is -1.23. The number of ketones is 1. The summed E-state index contributed by atoms with van der Waals surface area (Å²) in [6, 6.07) is 6.19. The van der Waals surface area contributed by atoms with Gasteiger partial charge >= 0.3 is 0 Å². The molecule has 1 rings (SSSR count). The first-order chi connectivity index (χ1) is 6.54. The molecule has 0 fully saturated rings. The number of hydrogen-bond acceptors (Lipinski definition) is 3. The van der Waals surface area contributed by atoms with Gasteiger partial charge in [-0.15, -0.1) is 0 Å². The monoisotopic (exact) mass is 257 g/mol. The quantitative estimate of drug-likeness (QED) is 0.475. The van der Waals surface area contributed by atoms with E-state index in [1.165, 1.54) is 13.0 Å². The summed E-state index contributed by atoms with van der Waals surface area (Å²) in [5.74, 6) is -0.153. The number of alkyl halides is 1. The lowest BCUT2D eigenvalue weighted by Crippen LogP contribution is -2.04. The Morgan fingerprint density at radius 3 is 2.57 bits per heavy atom. The highest BCUT2D eigenvalue weighted by atomic mass is 79.9. The second-order valence-electron chi connectivity index (χ2n) is 2.79. The zero-order valence-corrected chi connectivity index (χ0v) is 9.02. The fourth-order valence-electron chi connectivity index (χ4n) is 1.09. The fraction of sp³-hybridized carbons (Fsp3) is 0.222. The van der Waals surface area contributed by atoms with Crippen LogP contribution >= 0.6 is 15.9 Å². The second kappa shape index (κ2) is 4.32. The summed E-state index contributed by atoms with van der Waals surface area (Å²) in [6.07, 6.45) is 0. The van der Waals surface area contributed by atoms with Gasteiger partial charge in [0, 0.05) is 6.07 Å². The van der Waals surface area contributed by atoms with Crippen LogP contribution in [0.1, 0.15) is 17.3 Å². The van der Waals surface area contributed by atoms with E-state index in [0.29, 0.717) is 5.56 Å². The predicted molar refractivity (Wildman–Crippen MR) is 55.4 cm³/mol. The van der Waals surface area contributed by atoms with E-state index < -0.39 is 9.75 Å². The molecule has 1 aromatic carbocycles. The summed E-state index contributed by atoms with van der Waals surface area (Å²) in [4.78, 5) is 20.6. The SMILES string of the molecule is CC(=O)C(Br)c1ccccc1[N+](=O)[O-]. The molecule has 1 unspecified atom stereocenters. The second-order valence-corrected chi connectivity index (χ2v) is 3.70. The van der Waals surface area contributed by atoms with E-state index in [4.69, 9.17) is 0 Å². The van der Waals surface area contributed by atoms with Crippen molar-refractivity contribution in [2.45, 2.75) is 11.8 Å². The number of carbonyl (C=O) groups excluding carboxylic acids is 1. The molecule has 74 valence electrons. The topological polar surface area (TPSA) is 60.2 Å². The van der Waals surface area contributed by atoms with Gasteiger partial charge in [-0.05, 0) is 6.92 Å². The molecule has 0 saturated carbocycles. The molecule has 4 nitrogen and oxygen atoms in total. The Morgan fingerprint density at radius 1 is 1.50 bits per heavy atom. The molecule has 0 aliphatic rings. The van der Waals surface area contributed by atoms with Crippen LogP contribution in [0.5, 0.6) is 0 Å². The first kappa shape index (κ1) is 10.8. The van der Waals surface area contributed by atoms with E-state index >= 15 is 0 Å². The molecule has 1 aromatic rings. The highest BCUT2D eigenvalue weighted by Crippen LogP contribution is 2.31. The van der Waals surface area contributed by atoms with Gasteiger partial charge in [-0.1, -0.05) is 34.1 Å². The van der Waals surface area contributed by atoms with Crippen molar-refractivity contribution >= 4 is 27.4 Å². The molecule has 5 heteroatoms. The van der Waals surface area contributed by atoms with E-state index in [2.05, 4.69) is 15.9 Å². The van der Waals surface area contributed by atoms with E-state index in [9.17, 15) is 14.9 Å². The van der Waals surface area contributed by atoms with Gasteiger partial charge in [-0.3, -0.25) is 14.9 Å². The predicted octanol–water partition coefficient (Wildman–Crippen LogP) is 2.62. The van der Waals surface area contributed by atoms with Crippen LogP contribution in [0.25, 0.3) is 0 Å². The molecular formula is C9H8BrNO3. The smallest absolute Gasteiger partial charge is 0.274 e. The van der Waals surface area contributed by atoms with Gasteiger partial charge in [0.25, 0.3) is 5.69 Å². The number of para-hydroxylation sites is 1. The Morgan fingerprint density at radius 2 is 2.07 bits per heavy atom. The van der Waals surface area contributed by atoms with Gasteiger partial charge in [0.1, 0.15) is 10.6 Å². The summed E-state index contributed by atoms with van der Waals surface area (Å²) in [6.45, 7) is 1.39. The largest absolute Gasteiger partial charge is 0.298 e. The van der Waals surface area contributed by atoms with Crippen LogP contribution in [0, 0.1) is 10.1 Å². The van der Waals surface area contributed by atoms with Crippen LogP contribution in [-0.2, 0) is 4.79 Å². The number of hydrogen-bond donors (Lipinski definition) is 0. The molecule has 0 saturated heterocycles. The molecule has 0 heterocycles. The minimum absolute atomic E-state index is 0.0374. The van der Waals surface area contributed by atoms with Crippen molar-refractivity contribution in [2.24, 2.45) is 0 Å². The standard InChI is InChI=1S/C9H8BrNO3/c1-6(12)9(10)7-4-2-3-5-8(7)11(13)14/h2-5,9H,1H3. The van der Waals surface area contributed by atoms with Crippen molar-refractivity contribution in [2.75, 3.05) is 0 Å². The first-order valence-electron chi connectivity index (χ1n) is 3.92. The fourth-order valence-corrected chi connectivity index (χ4v) is 1.47. The minimum Gasteiger partial charge on any atom is -0.298 e. The minimum atomic E-state index is -0.607. The van der Waals surface area contributed by atoms with Crippen molar-refractivity contribution in [3.8, 4) is 0 Å². The zero-order valence-electron chi connectivity index (χ0n) is 7.44. The first-order valence-corrected chi connectivity index (χ1v) is 4.83. The summed E-state index contributed by atoms with van der Waals surface area (Å²) in [5, 5.41) is 10.6. The van der Waals surface area contributed by atoms with Gasteiger partial charge in [0.2, 0.25) is 0 Å². The van der Waals surface area contributed by atoms with E-state index in [-0.39, 0.29) is 11.5 Å². The summed E-state index contributed by atoms with van der Waals surface area (Å²) >= 11 is 3.12. The van der Waals surface area contributed by atoms with Gasteiger partial charge in [-0.2, -0.15) is 0 Å². The number of nitro benzene ring substituents is 1. The number of Topliss-reactive ketones (excluding diaryl/α,β-unsaturated/α-hetero) is 1. The third kappa shape index (κ3) is 2.17. The molecule has 14 heavy (non-hydrogen) atoms. The van der Waals surface area contributed by atoms with Gasteiger partial charge in [0.05, 0.1) is 10.5 Å². The Kier molecular flexibility index (Phi) is 3.35. The molecule has 0 amide bonds. The van der Waals surface area contributed by atoms with Crippen LogP contribution in [-0.4, -0.2) is 10.7 Å². The maximum absolute atomic E-state index is 11.0. The number of benzene rings is 1. The third-order valence-corrected chi connectivity index (χ3v) is 2.90. The van der Waals surface area contributed by atoms with E-state index in [0.717, 1.165) is 0 Å². The number of nitrogens with zero attached hydrogens (tertiary/aromatic N) is 1. The lowest BCUT2D eigenvalue weighted by molar-refractivity contribution is -0.385. The average Bonchev–Trinajstić information content (AvgIpc) is 2.16. The maximum Gasteiger partial charge on any atom is 0.274 e. The molecule has 1 atom stereocenters. The Labute approximate surface area is 89.2 Å². The van der Waals surface area contributed by atoms with Crippen LogP contribution in [0.2, 0.25) is 0 Å². The Balaban J connectivity index is 3.19.